The summed E-state index contributed by atoms with van der Waals surface area (Å²) in [6.07, 6.45) is 0.655. The third-order valence-corrected chi connectivity index (χ3v) is 5.21. The van der Waals surface area contributed by atoms with Gasteiger partial charge in [-0.1, -0.05) is 6.07 Å². The molecule has 0 fully saturated rings. The molecule has 2 aromatic carbocycles. The van der Waals surface area contributed by atoms with Gasteiger partial charge >= 0.3 is 12.1 Å². The maximum Gasteiger partial charge on any atom is 0.410 e. The van der Waals surface area contributed by atoms with Gasteiger partial charge in [0.25, 0.3) is 6.09 Å². The number of esters is 1. The van der Waals surface area contributed by atoms with E-state index in [1.54, 1.807) is 20.8 Å². The Labute approximate surface area is 206 Å². The Morgan fingerprint density at radius 3 is 2.36 bits per heavy atom. The van der Waals surface area contributed by atoms with Crippen LogP contribution in [0, 0.1) is 11.6 Å². The number of carbonyl (C=O) groups excluding carboxylic acids is 3. The number of nitrogens with zero attached hydrogens (tertiary/aromatic N) is 3. The highest BCUT2D eigenvalue weighted by Gasteiger charge is 2.41. The lowest BCUT2D eigenvalue weighted by Gasteiger charge is -2.32. The van der Waals surface area contributed by atoms with Crippen molar-refractivity contribution in [1.29, 1.82) is 0 Å². The minimum absolute atomic E-state index is 0.0183. The van der Waals surface area contributed by atoms with Gasteiger partial charge in [-0.05, 0) is 45.0 Å². The molecular weight excluding hydrogens is 476 g/mol. The lowest BCUT2D eigenvalue weighted by molar-refractivity contribution is -0.257. The molecule has 3 rings (SSSR count). The molecular formula is C25H25F2N3O6. The molecule has 0 radical (unpaired) electrons. The fraction of sp³-hybridized carbons (Fsp3) is 0.280. The van der Waals surface area contributed by atoms with Crippen LogP contribution in [0.1, 0.15) is 37.6 Å². The minimum Gasteiger partial charge on any atom is -0.497 e. The normalized spacial score (nSPS) is 16.9. The SMILES string of the molecule is CN(CCC1=NC=C[N+]1(C(=O)[O-])c1ccc(OC(=O)c2cccc(F)c2F)cc1)C(=O)OC(C)(C)C. The molecule has 0 aliphatic carbocycles. The molecule has 0 aromatic heterocycles. The summed E-state index contributed by atoms with van der Waals surface area (Å²) in [6, 6.07) is 8.50. The van der Waals surface area contributed by atoms with Crippen LogP contribution in [0.15, 0.2) is 59.9 Å². The average molecular weight is 501 g/mol. The van der Waals surface area contributed by atoms with Gasteiger partial charge in [0.1, 0.15) is 23.2 Å². The van der Waals surface area contributed by atoms with Crippen LogP contribution in [0.5, 0.6) is 5.75 Å². The largest absolute Gasteiger partial charge is 0.497 e. The summed E-state index contributed by atoms with van der Waals surface area (Å²) in [5.74, 6) is -3.48. The molecule has 0 saturated carbocycles. The number of hydrogen-bond donors (Lipinski definition) is 0. The van der Waals surface area contributed by atoms with Crippen molar-refractivity contribution in [2.45, 2.75) is 32.8 Å². The maximum absolute atomic E-state index is 13.9. The lowest BCUT2D eigenvalue weighted by atomic mass is 10.2. The number of quaternary nitrogens is 1. The minimum atomic E-state index is -1.49. The van der Waals surface area contributed by atoms with Crippen LogP contribution >= 0.6 is 0 Å². The van der Waals surface area contributed by atoms with Crippen molar-refractivity contribution >= 4 is 29.7 Å². The van der Waals surface area contributed by atoms with Gasteiger partial charge in [-0.3, -0.25) is 0 Å². The molecule has 2 amide bonds. The quantitative estimate of drug-likeness (QED) is 0.337. The van der Waals surface area contributed by atoms with E-state index in [1.807, 2.05) is 0 Å². The van der Waals surface area contributed by atoms with Crippen LogP contribution < -0.4 is 14.3 Å². The molecule has 0 N–H and O–H groups in total. The van der Waals surface area contributed by atoms with Gasteiger partial charge < -0.3 is 24.3 Å². The lowest BCUT2D eigenvalue weighted by Crippen LogP contribution is -2.59. The van der Waals surface area contributed by atoms with Gasteiger partial charge in [-0.2, -0.15) is 4.48 Å². The summed E-state index contributed by atoms with van der Waals surface area (Å²) in [5, 5.41) is 12.3. The van der Waals surface area contributed by atoms with Crippen molar-refractivity contribution in [3.8, 4) is 5.75 Å². The second-order valence-corrected chi connectivity index (χ2v) is 8.97. The molecule has 0 spiro atoms. The Kier molecular flexibility index (Phi) is 7.54. The van der Waals surface area contributed by atoms with E-state index in [-0.39, 0.29) is 30.2 Å². The van der Waals surface area contributed by atoms with Gasteiger partial charge in [0, 0.05) is 25.7 Å². The Morgan fingerprint density at radius 2 is 1.75 bits per heavy atom. The number of rotatable bonds is 6. The fourth-order valence-corrected chi connectivity index (χ4v) is 3.42. The zero-order valence-corrected chi connectivity index (χ0v) is 20.2. The highest BCUT2D eigenvalue weighted by molar-refractivity contribution is 6.10. The van der Waals surface area contributed by atoms with Crippen LogP contribution in [0.25, 0.3) is 0 Å². The number of carbonyl (C=O) groups is 3. The highest BCUT2D eigenvalue weighted by Crippen LogP contribution is 2.31. The molecule has 36 heavy (non-hydrogen) atoms. The predicted molar refractivity (Wildman–Crippen MR) is 125 cm³/mol. The Bertz CT molecular complexity index is 1240. The van der Waals surface area contributed by atoms with E-state index in [9.17, 15) is 28.3 Å². The van der Waals surface area contributed by atoms with Crippen LogP contribution in [-0.2, 0) is 4.74 Å². The van der Waals surface area contributed by atoms with E-state index in [0.717, 1.165) is 12.1 Å². The van der Waals surface area contributed by atoms with E-state index >= 15 is 0 Å². The number of amidine groups is 1. The third-order valence-electron chi connectivity index (χ3n) is 5.21. The predicted octanol–water partition coefficient (Wildman–Crippen LogP) is 3.97. The van der Waals surface area contributed by atoms with Crippen molar-refractivity contribution < 1.29 is 37.7 Å². The molecule has 190 valence electrons. The first kappa shape index (κ1) is 26.5. The van der Waals surface area contributed by atoms with Crippen LogP contribution in [-0.4, -0.2) is 48.1 Å². The van der Waals surface area contributed by atoms with Crippen LogP contribution in [0.3, 0.4) is 0 Å². The van der Waals surface area contributed by atoms with Crippen molar-refractivity contribution in [2.24, 2.45) is 4.99 Å². The van der Waals surface area contributed by atoms with Crippen molar-refractivity contribution in [3.63, 3.8) is 0 Å². The van der Waals surface area contributed by atoms with E-state index in [1.165, 1.54) is 54.7 Å². The Balaban J connectivity index is 1.76. The number of aliphatic imine (C=N–C) groups is 1. The van der Waals surface area contributed by atoms with E-state index < -0.39 is 45.4 Å². The molecule has 11 heteroatoms. The van der Waals surface area contributed by atoms with Crippen molar-refractivity contribution in [1.82, 2.24) is 9.38 Å². The zero-order chi connectivity index (χ0) is 26.7. The molecule has 0 saturated heterocycles. The number of benzene rings is 2. The molecule has 0 bridgehead atoms. The molecule has 1 aliphatic heterocycles. The van der Waals surface area contributed by atoms with Crippen LogP contribution in [0.4, 0.5) is 24.1 Å². The first-order valence-electron chi connectivity index (χ1n) is 10.9. The number of hydrogen-bond acceptors (Lipinski definition) is 7. The first-order valence-corrected chi connectivity index (χ1v) is 10.9. The average Bonchev–Trinajstić information content (AvgIpc) is 3.23. The number of carboxylic acid groups (broad SMARTS) is 1. The summed E-state index contributed by atoms with van der Waals surface area (Å²) in [5.41, 5.74) is -1.06. The van der Waals surface area contributed by atoms with Gasteiger partial charge in [-0.15, -0.1) is 0 Å². The topological polar surface area (TPSA) is 108 Å². The smallest absolute Gasteiger partial charge is 0.410 e. The first-order chi connectivity index (χ1) is 16.8. The number of halogens is 2. The van der Waals surface area contributed by atoms with Gasteiger partial charge in [-0.25, -0.2) is 23.4 Å². The number of amides is 2. The van der Waals surface area contributed by atoms with Gasteiger partial charge in [0.15, 0.2) is 11.6 Å². The summed E-state index contributed by atoms with van der Waals surface area (Å²) < 4.78 is 36.8. The zero-order valence-electron chi connectivity index (χ0n) is 20.2. The van der Waals surface area contributed by atoms with Crippen molar-refractivity contribution in [3.05, 3.63) is 72.1 Å². The summed E-state index contributed by atoms with van der Waals surface area (Å²) >= 11 is 0. The molecule has 1 unspecified atom stereocenters. The molecule has 2 aromatic rings. The Morgan fingerprint density at radius 1 is 1.08 bits per heavy atom. The third kappa shape index (κ3) is 5.57. The molecule has 1 heterocycles. The molecule has 1 aliphatic rings. The standard InChI is InChI=1S/C25H25F2N3O6/c1-25(2,3)36-23(32)29(4)14-12-20-28-13-15-30(20,24(33)34)16-8-10-17(11-9-16)35-22(31)18-6-5-7-19(26)21(18)27/h5-11,13,15H,12,14H2,1-4H3. The van der Waals surface area contributed by atoms with Gasteiger partial charge in [0.05, 0.1) is 18.2 Å². The summed E-state index contributed by atoms with van der Waals surface area (Å²) in [6.45, 7) is 5.32. The van der Waals surface area contributed by atoms with E-state index in [2.05, 4.69) is 4.99 Å². The number of ether oxygens (including phenoxy) is 2. The molecule has 1 atom stereocenters. The maximum atomic E-state index is 13.9. The summed E-state index contributed by atoms with van der Waals surface area (Å²) in [7, 11) is 1.52. The van der Waals surface area contributed by atoms with Gasteiger partial charge in [0.2, 0.25) is 5.84 Å². The second kappa shape index (κ2) is 10.2. The summed E-state index contributed by atoms with van der Waals surface area (Å²) in [4.78, 5) is 42.2. The second-order valence-electron chi connectivity index (χ2n) is 8.97. The fourth-order valence-electron chi connectivity index (χ4n) is 3.42. The highest BCUT2D eigenvalue weighted by atomic mass is 19.2. The van der Waals surface area contributed by atoms with Crippen molar-refractivity contribution in [2.75, 3.05) is 13.6 Å². The molecule has 9 nitrogen and oxygen atoms in total. The van der Waals surface area contributed by atoms with Crippen LogP contribution in [0.2, 0.25) is 0 Å². The van der Waals surface area contributed by atoms with E-state index in [4.69, 9.17) is 9.47 Å². The van der Waals surface area contributed by atoms with E-state index in [0.29, 0.717) is 0 Å². The Hall–Kier alpha value is -4.12. The monoisotopic (exact) mass is 501 g/mol.